The lowest BCUT2D eigenvalue weighted by molar-refractivity contribution is -0.897. The van der Waals surface area contributed by atoms with Crippen molar-refractivity contribution in [3.05, 3.63) is 64.1 Å². The van der Waals surface area contributed by atoms with Crippen LogP contribution in [0.3, 0.4) is 0 Å². The van der Waals surface area contributed by atoms with Gasteiger partial charge < -0.3 is 10.2 Å². The summed E-state index contributed by atoms with van der Waals surface area (Å²) in [5.41, 5.74) is 2.06. The molecule has 0 unspecified atom stereocenters. The number of carbonyl (C=O) groups excluding carboxylic acids is 1. The van der Waals surface area contributed by atoms with Gasteiger partial charge in [0.05, 0.1) is 34.4 Å². The molecule has 0 saturated carbocycles. The molecule has 4 nitrogen and oxygen atoms in total. The van der Waals surface area contributed by atoms with Crippen LogP contribution >= 0.6 is 22.9 Å². The van der Waals surface area contributed by atoms with Crippen molar-refractivity contribution in [3.8, 4) is 0 Å². The Labute approximate surface area is 174 Å². The van der Waals surface area contributed by atoms with Gasteiger partial charge in [0.25, 0.3) is 5.91 Å². The van der Waals surface area contributed by atoms with Gasteiger partial charge in [0.1, 0.15) is 0 Å². The zero-order valence-electron chi connectivity index (χ0n) is 16.0. The van der Waals surface area contributed by atoms with Crippen LogP contribution in [0.1, 0.15) is 42.3 Å². The third-order valence-corrected chi connectivity index (χ3v) is 7.06. The van der Waals surface area contributed by atoms with Crippen molar-refractivity contribution in [2.24, 2.45) is 0 Å². The fraction of sp³-hybridized carbons (Fsp3) is 0.364. The maximum absolute atomic E-state index is 12.5. The zero-order chi connectivity index (χ0) is 19.5. The molecule has 1 aromatic heterocycles. The van der Waals surface area contributed by atoms with Gasteiger partial charge in [0.15, 0.2) is 6.54 Å². The second kappa shape index (κ2) is 8.60. The summed E-state index contributed by atoms with van der Waals surface area (Å²) >= 11 is 8.05. The summed E-state index contributed by atoms with van der Waals surface area (Å²) in [7, 11) is 0. The van der Waals surface area contributed by atoms with E-state index in [0.717, 1.165) is 37.0 Å². The number of piperidine rings is 1. The molecule has 1 fully saturated rings. The Bertz CT molecular complexity index is 932. The lowest BCUT2D eigenvalue weighted by atomic mass is 9.97. The Balaban J connectivity index is 1.29. The van der Waals surface area contributed by atoms with Gasteiger partial charge in [-0.05, 0) is 30.7 Å². The second-order valence-electron chi connectivity index (χ2n) is 7.53. The number of thiazole rings is 1. The summed E-state index contributed by atoms with van der Waals surface area (Å²) in [4.78, 5) is 18.7. The van der Waals surface area contributed by atoms with Crippen LogP contribution < -0.4 is 10.2 Å². The van der Waals surface area contributed by atoms with E-state index in [9.17, 15) is 4.79 Å². The molecule has 0 spiro atoms. The van der Waals surface area contributed by atoms with Crippen LogP contribution in [0.2, 0.25) is 5.02 Å². The van der Waals surface area contributed by atoms with Crippen molar-refractivity contribution in [2.45, 2.75) is 31.7 Å². The normalized spacial score (nSPS) is 20.8. The minimum atomic E-state index is -0.0825. The molecule has 1 aliphatic rings. The fourth-order valence-electron chi connectivity index (χ4n) is 3.94. The van der Waals surface area contributed by atoms with Crippen molar-refractivity contribution in [3.63, 3.8) is 0 Å². The van der Waals surface area contributed by atoms with Crippen LogP contribution in [0.25, 0.3) is 10.2 Å². The van der Waals surface area contributed by atoms with Gasteiger partial charge in [-0.25, -0.2) is 4.98 Å². The van der Waals surface area contributed by atoms with Gasteiger partial charge in [-0.3, -0.25) is 4.79 Å². The van der Waals surface area contributed by atoms with Gasteiger partial charge in [0, 0.05) is 23.8 Å². The average molecular weight is 415 g/mol. The van der Waals surface area contributed by atoms with Gasteiger partial charge in [-0.15, -0.1) is 11.3 Å². The molecule has 146 valence electrons. The molecule has 1 atom stereocenters. The first kappa shape index (κ1) is 19.4. The largest absolute Gasteiger partial charge is 0.345 e. The Hall–Kier alpha value is -1.95. The molecule has 0 bridgehead atoms. The van der Waals surface area contributed by atoms with Gasteiger partial charge in [-0.1, -0.05) is 41.9 Å². The predicted molar refractivity (Wildman–Crippen MR) is 115 cm³/mol. The van der Waals surface area contributed by atoms with Crippen LogP contribution in [0, 0.1) is 0 Å². The molecule has 1 aliphatic heterocycles. The quantitative estimate of drug-likeness (QED) is 0.670. The molecule has 3 aromatic rings. The molecule has 6 heteroatoms. The molecule has 2 aromatic carbocycles. The Kier molecular flexibility index (Phi) is 5.95. The first-order chi connectivity index (χ1) is 13.6. The molecular weight excluding hydrogens is 390 g/mol. The molecule has 2 N–H and O–H groups in total. The lowest BCUT2D eigenvalue weighted by Crippen LogP contribution is -3.14. The maximum atomic E-state index is 12.5. The smallest absolute Gasteiger partial charge is 0.275 e. The molecule has 4 rings (SSSR count). The number of likely N-dealkylation sites (tertiary alicyclic amines) is 1. The summed E-state index contributed by atoms with van der Waals surface area (Å²) in [5.74, 6) is 0.604. The van der Waals surface area contributed by atoms with Gasteiger partial charge in [0.2, 0.25) is 0 Å². The standard InChI is InChI=1S/C22H24ClN3OS/c1-15(17-6-2-3-7-18(17)23)24-21(27)14-26-12-10-16(11-13-26)22-25-19-8-4-5-9-20(19)28-22/h2-9,15-16H,10-14H2,1H3,(H,24,27)/p+1/t15-/m0/s1. The average Bonchev–Trinajstić information content (AvgIpc) is 3.13. The number of carbonyl (C=O) groups is 1. The number of fused-ring (bicyclic) bond motifs is 1. The highest BCUT2D eigenvalue weighted by Gasteiger charge is 2.27. The number of nitrogens with one attached hydrogen (secondary N) is 2. The molecule has 1 amide bonds. The van der Waals surface area contributed by atoms with Crippen LogP contribution in [0.4, 0.5) is 0 Å². The number of quaternary nitrogens is 1. The number of nitrogens with zero attached hydrogens (tertiary/aromatic N) is 1. The minimum absolute atomic E-state index is 0.0825. The van der Waals surface area contributed by atoms with E-state index in [2.05, 4.69) is 23.5 Å². The molecule has 0 aliphatic carbocycles. The number of benzene rings is 2. The van der Waals surface area contributed by atoms with E-state index in [4.69, 9.17) is 16.6 Å². The van der Waals surface area contributed by atoms with E-state index < -0.39 is 0 Å². The highest BCUT2D eigenvalue weighted by Crippen LogP contribution is 2.31. The SMILES string of the molecule is C[C@H](NC(=O)C[NH+]1CCC(c2nc3ccccc3s2)CC1)c1ccccc1Cl. The van der Waals surface area contributed by atoms with E-state index in [1.54, 1.807) is 0 Å². The maximum Gasteiger partial charge on any atom is 0.275 e. The van der Waals surface area contributed by atoms with E-state index in [-0.39, 0.29) is 11.9 Å². The van der Waals surface area contributed by atoms with Crippen LogP contribution in [0.5, 0.6) is 0 Å². The van der Waals surface area contributed by atoms with Crippen molar-refractivity contribution in [1.29, 1.82) is 0 Å². The van der Waals surface area contributed by atoms with Crippen molar-refractivity contribution in [1.82, 2.24) is 10.3 Å². The number of halogens is 1. The van der Waals surface area contributed by atoms with Gasteiger partial charge in [-0.2, -0.15) is 0 Å². The fourth-order valence-corrected chi connectivity index (χ4v) is 5.37. The summed E-state index contributed by atoms with van der Waals surface area (Å²) in [6, 6.07) is 15.9. The molecule has 28 heavy (non-hydrogen) atoms. The highest BCUT2D eigenvalue weighted by molar-refractivity contribution is 7.18. The summed E-state index contributed by atoms with van der Waals surface area (Å²) in [6.45, 7) is 4.51. The third-order valence-electron chi connectivity index (χ3n) is 5.51. The van der Waals surface area contributed by atoms with Gasteiger partial charge >= 0.3 is 0 Å². The lowest BCUT2D eigenvalue weighted by Gasteiger charge is -2.28. The number of rotatable bonds is 5. The van der Waals surface area contributed by atoms with E-state index in [1.807, 2.05) is 48.6 Å². The monoisotopic (exact) mass is 414 g/mol. The number of aromatic nitrogens is 1. The molecular formula is C22H25ClN3OS+. The van der Waals surface area contributed by atoms with Crippen LogP contribution in [-0.4, -0.2) is 30.5 Å². The number of amides is 1. The Morgan fingerprint density at radius 2 is 1.93 bits per heavy atom. The second-order valence-corrected chi connectivity index (χ2v) is 9.00. The predicted octanol–water partition coefficient (Wildman–Crippen LogP) is 3.59. The highest BCUT2D eigenvalue weighted by atomic mass is 35.5. The van der Waals surface area contributed by atoms with Crippen LogP contribution in [-0.2, 0) is 4.79 Å². The van der Waals surface area contributed by atoms with Crippen molar-refractivity contribution in [2.75, 3.05) is 19.6 Å². The summed E-state index contributed by atoms with van der Waals surface area (Å²) < 4.78 is 1.26. The topological polar surface area (TPSA) is 46.4 Å². The number of hydrogen-bond acceptors (Lipinski definition) is 3. The van der Waals surface area contributed by atoms with E-state index >= 15 is 0 Å². The zero-order valence-corrected chi connectivity index (χ0v) is 17.5. The Morgan fingerprint density at radius 1 is 1.21 bits per heavy atom. The van der Waals surface area contributed by atoms with E-state index in [1.165, 1.54) is 14.6 Å². The minimum Gasteiger partial charge on any atom is -0.345 e. The summed E-state index contributed by atoms with van der Waals surface area (Å²) in [6.07, 6.45) is 2.17. The number of hydrogen-bond donors (Lipinski definition) is 2. The van der Waals surface area contributed by atoms with E-state index in [0.29, 0.717) is 17.5 Å². The van der Waals surface area contributed by atoms with Crippen LogP contribution in [0.15, 0.2) is 48.5 Å². The first-order valence-electron chi connectivity index (χ1n) is 9.83. The third kappa shape index (κ3) is 4.37. The Morgan fingerprint density at radius 3 is 2.68 bits per heavy atom. The number of para-hydroxylation sites is 1. The van der Waals surface area contributed by atoms with Crippen molar-refractivity contribution < 1.29 is 9.69 Å². The summed E-state index contributed by atoms with van der Waals surface area (Å²) in [5, 5.41) is 5.03. The molecule has 1 saturated heterocycles. The van der Waals surface area contributed by atoms with Crippen molar-refractivity contribution >= 4 is 39.1 Å². The molecule has 2 heterocycles. The first-order valence-corrected chi connectivity index (χ1v) is 11.0. The molecule has 0 radical (unpaired) electrons.